The lowest BCUT2D eigenvalue weighted by molar-refractivity contribution is 0.158. The van der Waals surface area contributed by atoms with Crippen molar-refractivity contribution in [2.24, 2.45) is 11.8 Å². The SMILES string of the molecule is O=C(Oc1cccc(-c2cncc(-c3nnco3)c2)c1)N1CC2CC2C1. The summed E-state index contributed by atoms with van der Waals surface area (Å²) in [4.78, 5) is 18.3. The third-order valence-corrected chi connectivity index (χ3v) is 4.95. The van der Waals surface area contributed by atoms with E-state index in [9.17, 15) is 4.79 Å². The molecule has 1 aliphatic heterocycles. The van der Waals surface area contributed by atoms with E-state index in [1.807, 2.05) is 24.3 Å². The largest absolute Gasteiger partial charge is 0.423 e. The zero-order valence-corrected chi connectivity index (χ0v) is 13.9. The summed E-state index contributed by atoms with van der Waals surface area (Å²) in [6.45, 7) is 1.64. The van der Waals surface area contributed by atoms with Crippen molar-refractivity contribution in [2.75, 3.05) is 13.1 Å². The van der Waals surface area contributed by atoms with Crippen molar-refractivity contribution < 1.29 is 13.9 Å². The number of hydrogen-bond donors (Lipinski definition) is 0. The van der Waals surface area contributed by atoms with Gasteiger partial charge in [-0.2, -0.15) is 0 Å². The van der Waals surface area contributed by atoms with Gasteiger partial charge in [0.05, 0.1) is 5.56 Å². The van der Waals surface area contributed by atoms with Crippen LogP contribution in [0.5, 0.6) is 5.75 Å². The van der Waals surface area contributed by atoms with Crippen molar-refractivity contribution in [1.29, 1.82) is 0 Å². The van der Waals surface area contributed by atoms with E-state index in [4.69, 9.17) is 9.15 Å². The third kappa shape index (κ3) is 2.81. The average Bonchev–Trinajstić information content (AvgIpc) is 3.07. The lowest BCUT2D eigenvalue weighted by atomic mass is 10.1. The lowest BCUT2D eigenvalue weighted by Gasteiger charge is -2.17. The van der Waals surface area contributed by atoms with E-state index in [2.05, 4.69) is 15.2 Å². The quantitative estimate of drug-likeness (QED) is 0.723. The van der Waals surface area contributed by atoms with Crippen LogP contribution in [0.15, 0.2) is 53.5 Å². The van der Waals surface area contributed by atoms with Crippen molar-refractivity contribution >= 4 is 6.09 Å². The van der Waals surface area contributed by atoms with Gasteiger partial charge in [0.2, 0.25) is 12.3 Å². The molecule has 26 heavy (non-hydrogen) atoms. The Kier molecular flexibility index (Phi) is 3.44. The number of likely N-dealkylation sites (tertiary alicyclic amines) is 1. The van der Waals surface area contributed by atoms with Crippen LogP contribution in [0.3, 0.4) is 0 Å². The molecule has 0 radical (unpaired) electrons. The van der Waals surface area contributed by atoms with Crippen LogP contribution in [0.2, 0.25) is 0 Å². The average molecular weight is 348 g/mol. The minimum Gasteiger partial charge on any atom is -0.423 e. The molecule has 0 N–H and O–H groups in total. The standard InChI is InChI=1S/C19H16N4O3/c24-19(23-9-15-5-16(15)10-23)26-17-3-1-2-12(6-17)13-4-14(8-20-7-13)18-22-21-11-25-18/h1-4,6-8,11,15-16H,5,9-10H2. The molecule has 1 saturated carbocycles. The first-order valence-electron chi connectivity index (χ1n) is 8.55. The molecule has 2 unspecified atom stereocenters. The van der Waals surface area contributed by atoms with Crippen LogP contribution in [-0.2, 0) is 0 Å². The van der Waals surface area contributed by atoms with Crippen molar-refractivity contribution in [3.63, 3.8) is 0 Å². The zero-order valence-electron chi connectivity index (χ0n) is 13.9. The monoisotopic (exact) mass is 348 g/mol. The Labute approximate surface area is 149 Å². The fraction of sp³-hybridized carbons (Fsp3) is 0.263. The van der Waals surface area contributed by atoms with Crippen LogP contribution in [-0.4, -0.2) is 39.3 Å². The van der Waals surface area contributed by atoms with E-state index < -0.39 is 0 Å². The van der Waals surface area contributed by atoms with E-state index in [0.717, 1.165) is 29.8 Å². The number of nitrogens with zero attached hydrogens (tertiary/aromatic N) is 4. The lowest BCUT2D eigenvalue weighted by Crippen LogP contribution is -2.32. The number of aromatic nitrogens is 3. The highest BCUT2D eigenvalue weighted by atomic mass is 16.6. The van der Waals surface area contributed by atoms with E-state index in [-0.39, 0.29) is 6.09 Å². The van der Waals surface area contributed by atoms with E-state index in [1.54, 1.807) is 23.4 Å². The third-order valence-electron chi connectivity index (χ3n) is 4.95. The first-order chi connectivity index (χ1) is 12.8. The van der Waals surface area contributed by atoms with Gasteiger partial charge in [0.15, 0.2) is 0 Å². The molecule has 1 saturated heterocycles. The number of ether oxygens (including phenoxy) is 1. The van der Waals surface area contributed by atoms with E-state index >= 15 is 0 Å². The number of amides is 1. The second-order valence-corrected chi connectivity index (χ2v) is 6.76. The van der Waals surface area contributed by atoms with Crippen molar-refractivity contribution in [1.82, 2.24) is 20.1 Å². The van der Waals surface area contributed by atoms with Gasteiger partial charge in [-0.05, 0) is 42.0 Å². The van der Waals surface area contributed by atoms with Gasteiger partial charge in [0, 0.05) is 31.0 Å². The van der Waals surface area contributed by atoms with Crippen LogP contribution in [0.25, 0.3) is 22.6 Å². The number of fused-ring (bicyclic) bond motifs is 1. The Hall–Kier alpha value is -3.22. The van der Waals surface area contributed by atoms with Gasteiger partial charge < -0.3 is 14.1 Å². The Morgan fingerprint density at radius 1 is 1.12 bits per heavy atom. The summed E-state index contributed by atoms with van der Waals surface area (Å²) in [6.07, 6.45) is 5.67. The summed E-state index contributed by atoms with van der Waals surface area (Å²) in [7, 11) is 0. The molecule has 130 valence electrons. The molecule has 7 nitrogen and oxygen atoms in total. The molecule has 2 aromatic heterocycles. The van der Waals surface area contributed by atoms with E-state index in [0.29, 0.717) is 23.5 Å². The molecule has 1 amide bonds. The van der Waals surface area contributed by atoms with Gasteiger partial charge in [-0.15, -0.1) is 10.2 Å². The first kappa shape index (κ1) is 15.1. The first-order valence-corrected chi connectivity index (χ1v) is 8.55. The van der Waals surface area contributed by atoms with Gasteiger partial charge in [0.1, 0.15) is 5.75 Å². The Bertz CT molecular complexity index is 947. The minimum atomic E-state index is -0.271. The second kappa shape index (κ2) is 5.94. The van der Waals surface area contributed by atoms with Gasteiger partial charge in [-0.3, -0.25) is 4.98 Å². The highest BCUT2D eigenvalue weighted by Crippen LogP contribution is 2.45. The number of benzene rings is 1. The van der Waals surface area contributed by atoms with Crippen LogP contribution in [0.4, 0.5) is 4.79 Å². The fourth-order valence-corrected chi connectivity index (χ4v) is 3.47. The van der Waals surface area contributed by atoms with Gasteiger partial charge >= 0.3 is 6.09 Å². The number of rotatable bonds is 3. The van der Waals surface area contributed by atoms with Crippen LogP contribution in [0, 0.1) is 11.8 Å². The highest BCUT2D eigenvalue weighted by molar-refractivity contribution is 5.73. The summed E-state index contributed by atoms with van der Waals surface area (Å²) >= 11 is 0. The maximum Gasteiger partial charge on any atom is 0.415 e. The van der Waals surface area contributed by atoms with Crippen molar-refractivity contribution in [3.05, 3.63) is 49.1 Å². The van der Waals surface area contributed by atoms with Crippen LogP contribution >= 0.6 is 0 Å². The number of carbonyl (C=O) groups is 1. The molecule has 3 aromatic rings. The van der Waals surface area contributed by atoms with Crippen molar-refractivity contribution in [2.45, 2.75) is 6.42 Å². The molecule has 1 aromatic carbocycles. The smallest absolute Gasteiger partial charge is 0.415 e. The molecule has 0 bridgehead atoms. The summed E-state index contributed by atoms with van der Waals surface area (Å²) in [5, 5.41) is 7.59. The Balaban J connectivity index is 1.36. The predicted octanol–water partition coefficient (Wildman–Crippen LogP) is 3.25. The fourth-order valence-electron chi connectivity index (χ4n) is 3.47. The molecular formula is C19H16N4O3. The minimum absolute atomic E-state index is 0.271. The molecular weight excluding hydrogens is 332 g/mol. The molecule has 2 fully saturated rings. The van der Waals surface area contributed by atoms with Crippen LogP contribution < -0.4 is 4.74 Å². The second-order valence-electron chi connectivity index (χ2n) is 6.76. The van der Waals surface area contributed by atoms with Crippen LogP contribution in [0.1, 0.15) is 6.42 Å². The predicted molar refractivity (Wildman–Crippen MR) is 92.2 cm³/mol. The normalized spacial score (nSPS) is 20.7. The Morgan fingerprint density at radius 2 is 1.96 bits per heavy atom. The molecule has 1 aliphatic carbocycles. The van der Waals surface area contributed by atoms with Gasteiger partial charge in [0.25, 0.3) is 0 Å². The van der Waals surface area contributed by atoms with Gasteiger partial charge in [-0.25, -0.2) is 4.79 Å². The highest BCUT2D eigenvalue weighted by Gasteiger charge is 2.47. The van der Waals surface area contributed by atoms with E-state index in [1.165, 1.54) is 12.8 Å². The maximum atomic E-state index is 12.3. The molecule has 7 heteroatoms. The summed E-state index contributed by atoms with van der Waals surface area (Å²) in [5.74, 6) is 2.31. The number of hydrogen-bond acceptors (Lipinski definition) is 6. The topological polar surface area (TPSA) is 81.3 Å². The molecule has 5 rings (SSSR count). The maximum absolute atomic E-state index is 12.3. The summed E-state index contributed by atoms with van der Waals surface area (Å²) in [5.41, 5.74) is 2.51. The summed E-state index contributed by atoms with van der Waals surface area (Å²) in [6, 6.07) is 9.34. The summed E-state index contributed by atoms with van der Waals surface area (Å²) < 4.78 is 10.8. The zero-order chi connectivity index (χ0) is 17.5. The molecule has 2 atom stereocenters. The molecule has 3 heterocycles. The Morgan fingerprint density at radius 3 is 2.77 bits per heavy atom. The van der Waals surface area contributed by atoms with Crippen molar-refractivity contribution in [3.8, 4) is 28.3 Å². The number of pyridine rings is 1. The number of carbonyl (C=O) groups excluding carboxylic acids is 1. The molecule has 0 spiro atoms. The number of piperidine rings is 1. The van der Waals surface area contributed by atoms with Gasteiger partial charge in [-0.1, -0.05) is 12.1 Å². The molecule has 2 aliphatic rings.